The summed E-state index contributed by atoms with van der Waals surface area (Å²) in [4.78, 5) is 21.0. The van der Waals surface area contributed by atoms with Gasteiger partial charge in [-0.25, -0.2) is 23.5 Å². The van der Waals surface area contributed by atoms with Gasteiger partial charge in [-0.05, 0) is 75.1 Å². The van der Waals surface area contributed by atoms with E-state index in [1.807, 2.05) is 31.2 Å². The van der Waals surface area contributed by atoms with Gasteiger partial charge in [-0.1, -0.05) is 44.7 Å². The summed E-state index contributed by atoms with van der Waals surface area (Å²) in [5.74, 6) is 0.800. The van der Waals surface area contributed by atoms with Gasteiger partial charge in [-0.2, -0.15) is 0 Å². The van der Waals surface area contributed by atoms with E-state index in [1.165, 1.54) is 6.92 Å². The Morgan fingerprint density at radius 1 is 0.892 bits per heavy atom. The fourth-order valence-electron chi connectivity index (χ4n) is 3.90. The Morgan fingerprint density at radius 3 is 2.11 bits per heavy atom. The van der Waals surface area contributed by atoms with Gasteiger partial charge in [0.2, 0.25) is 5.67 Å². The minimum absolute atomic E-state index is 0.117. The van der Waals surface area contributed by atoms with Crippen molar-refractivity contribution in [1.29, 1.82) is 0 Å². The Hall–Kier alpha value is -3.35. The first-order valence-corrected chi connectivity index (χ1v) is 13.0. The quantitative estimate of drug-likeness (QED) is 0.125. The largest absolute Gasteiger partial charge is 0.494 e. The summed E-state index contributed by atoms with van der Waals surface area (Å²) in [5.41, 5.74) is 0.537. The second-order valence-electron chi connectivity index (χ2n) is 9.51. The Kier molecular flexibility index (Phi) is 10.5. The van der Waals surface area contributed by atoms with Crippen molar-refractivity contribution in [3.05, 3.63) is 60.9 Å². The highest BCUT2D eigenvalue weighted by Crippen LogP contribution is 2.26. The number of ether oxygens (including phenoxy) is 2. The zero-order chi connectivity index (χ0) is 26.7. The van der Waals surface area contributed by atoms with Crippen LogP contribution in [0.25, 0.3) is 22.5 Å². The Balaban J connectivity index is 1.50. The van der Waals surface area contributed by atoms with E-state index in [9.17, 15) is 13.6 Å². The van der Waals surface area contributed by atoms with Gasteiger partial charge in [0.15, 0.2) is 5.82 Å². The van der Waals surface area contributed by atoms with Gasteiger partial charge in [-0.15, -0.1) is 0 Å². The molecule has 0 unspecified atom stereocenters. The molecule has 2 aromatic carbocycles. The molecule has 198 valence electrons. The molecule has 0 aliphatic rings. The lowest BCUT2D eigenvalue weighted by Gasteiger charge is -2.17. The van der Waals surface area contributed by atoms with Crippen molar-refractivity contribution >= 4 is 5.97 Å². The second-order valence-corrected chi connectivity index (χ2v) is 9.51. The van der Waals surface area contributed by atoms with E-state index in [2.05, 4.69) is 9.97 Å². The smallest absolute Gasteiger partial charge is 0.348 e. The second kappa shape index (κ2) is 13.8. The lowest BCUT2D eigenvalue weighted by Crippen LogP contribution is -2.34. The standard InChI is InChI=1S/C30H36F2N2O3/c1-4-18-30(3,32)29(35)37-27-16-10-23(11-17-27)25-20-33-28(34-21-25)24-12-14-26(15-13-24)36-19-8-6-5-7-9-22(2)31/h10-17,20-22H,4-9,18-19H2,1-3H3/t22-,30-/m0/s1. The molecule has 1 heterocycles. The van der Waals surface area contributed by atoms with Crippen molar-refractivity contribution in [2.75, 3.05) is 6.61 Å². The molecule has 0 aliphatic carbocycles. The number of carbonyl (C=O) groups excluding carboxylic acids is 1. The fraction of sp³-hybridized carbons (Fsp3) is 0.433. The zero-order valence-electron chi connectivity index (χ0n) is 21.9. The van der Waals surface area contributed by atoms with Gasteiger partial charge >= 0.3 is 5.97 Å². The molecule has 0 radical (unpaired) electrons. The first-order valence-electron chi connectivity index (χ1n) is 13.0. The summed E-state index contributed by atoms with van der Waals surface area (Å²) >= 11 is 0. The molecule has 0 saturated heterocycles. The van der Waals surface area contributed by atoms with Gasteiger partial charge in [-0.3, -0.25) is 0 Å². The number of alkyl halides is 2. The number of rotatable bonds is 14. The lowest BCUT2D eigenvalue weighted by atomic mass is 10.0. The van der Waals surface area contributed by atoms with E-state index in [-0.39, 0.29) is 6.42 Å². The van der Waals surface area contributed by atoms with Gasteiger partial charge in [0.05, 0.1) is 12.8 Å². The number of esters is 1. The van der Waals surface area contributed by atoms with Crippen molar-refractivity contribution < 1.29 is 23.0 Å². The number of carbonyl (C=O) groups is 1. The molecule has 1 aromatic heterocycles. The van der Waals surface area contributed by atoms with Crippen molar-refractivity contribution in [2.45, 2.75) is 77.6 Å². The van der Waals surface area contributed by atoms with Crippen molar-refractivity contribution in [1.82, 2.24) is 9.97 Å². The van der Waals surface area contributed by atoms with E-state index >= 15 is 0 Å². The molecule has 37 heavy (non-hydrogen) atoms. The van der Waals surface area contributed by atoms with Crippen LogP contribution in [0.15, 0.2) is 60.9 Å². The Morgan fingerprint density at radius 2 is 1.49 bits per heavy atom. The molecule has 7 heteroatoms. The molecular formula is C30H36F2N2O3. The topological polar surface area (TPSA) is 61.3 Å². The molecule has 0 N–H and O–H groups in total. The van der Waals surface area contributed by atoms with Crippen molar-refractivity contribution in [3.63, 3.8) is 0 Å². The summed E-state index contributed by atoms with van der Waals surface area (Å²) < 4.78 is 38.1. The van der Waals surface area contributed by atoms with E-state index in [0.29, 0.717) is 31.0 Å². The minimum Gasteiger partial charge on any atom is -0.494 e. The minimum atomic E-state index is -2.00. The summed E-state index contributed by atoms with van der Waals surface area (Å²) in [5, 5.41) is 0. The fourth-order valence-corrected chi connectivity index (χ4v) is 3.90. The number of nitrogens with zero attached hydrogens (tertiary/aromatic N) is 2. The molecule has 3 aromatic rings. The summed E-state index contributed by atoms with van der Waals surface area (Å²) in [6.07, 6.45) is 7.99. The first-order chi connectivity index (χ1) is 17.8. The summed E-state index contributed by atoms with van der Waals surface area (Å²) in [7, 11) is 0. The summed E-state index contributed by atoms with van der Waals surface area (Å²) in [6.45, 7) is 5.31. The average molecular weight is 511 g/mol. The van der Waals surface area contributed by atoms with Crippen molar-refractivity contribution in [3.8, 4) is 34.0 Å². The van der Waals surface area contributed by atoms with Crippen LogP contribution in [0.5, 0.6) is 11.5 Å². The molecule has 0 bridgehead atoms. The van der Waals surface area contributed by atoms with E-state index in [1.54, 1.807) is 43.6 Å². The Bertz CT molecular complexity index is 1100. The summed E-state index contributed by atoms with van der Waals surface area (Å²) in [6, 6.07) is 14.5. The molecule has 0 fully saturated rings. The predicted molar refractivity (Wildman–Crippen MR) is 142 cm³/mol. The molecule has 5 nitrogen and oxygen atoms in total. The van der Waals surface area contributed by atoms with Crippen LogP contribution < -0.4 is 9.47 Å². The average Bonchev–Trinajstić information content (AvgIpc) is 2.89. The third kappa shape index (κ3) is 8.92. The van der Waals surface area contributed by atoms with Crippen LogP contribution in [0, 0.1) is 0 Å². The normalized spacial score (nSPS) is 13.5. The molecule has 0 aliphatic heterocycles. The molecule has 0 saturated carbocycles. The number of hydrogen-bond donors (Lipinski definition) is 0. The predicted octanol–water partition coefficient (Wildman–Crippen LogP) is 7.93. The molecule has 0 spiro atoms. The maximum Gasteiger partial charge on any atom is 0.348 e. The van der Waals surface area contributed by atoms with E-state index in [0.717, 1.165) is 48.1 Å². The van der Waals surface area contributed by atoms with Crippen LogP contribution in [-0.4, -0.2) is 34.4 Å². The van der Waals surface area contributed by atoms with Crippen LogP contribution in [0.2, 0.25) is 0 Å². The maximum atomic E-state index is 14.3. The zero-order valence-corrected chi connectivity index (χ0v) is 21.9. The highest BCUT2D eigenvalue weighted by molar-refractivity contribution is 5.81. The van der Waals surface area contributed by atoms with E-state index < -0.39 is 17.8 Å². The SMILES string of the molecule is CCC[C@](C)(F)C(=O)Oc1ccc(-c2cnc(-c3ccc(OCCCCCC[C@H](C)F)cc3)nc2)cc1. The third-order valence-corrected chi connectivity index (χ3v) is 6.07. The highest BCUT2D eigenvalue weighted by Gasteiger charge is 2.34. The number of aromatic nitrogens is 2. The molecular weight excluding hydrogens is 474 g/mol. The van der Waals surface area contributed by atoms with Crippen LogP contribution >= 0.6 is 0 Å². The monoisotopic (exact) mass is 510 g/mol. The van der Waals surface area contributed by atoms with Gasteiger partial charge in [0.25, 0.3) is 0 Å². The molecule has 2 atom stereocenters. The van der Waals surface area contributed by atoms with Crippen LogP contribution in [0.1, 0.15) is 65.7 Å². The number of halogens is 2. The van der Waals surface area contributed by atoms with Crippen molar-refractivity contribution in [2.24, 2.45) is 0 Å². The molecule has 3 rings (SSSR count). The first kappa shape index (κ1) is 28.2. The maximum absolute atomic E-state index is 14.3. The third-order valence-electron chi connectivity index (χ3n) is 6.07. The van der Waals surface area contributed by atoms with Crippen LogP contribution in [-0.2, 0) is 4.79 Å². The van der Waals surface area contributed by atoms with Crippen LogP contribution in [0.4, 0.5) is 8.78 Å². The van der Waals surface area contributed by atoms with Gasteiger partial charge in [0.1, 0.15) is 11.5 Å². The Labute approximate surface area is 218 Å². The van der Waals surface area contributed by atoms with E-state index in [4.69, 9.17) is 9.47 Å². The number of unbranched alkanes of at least 4 members (excludes halogenated alkanes) is 3. The van der Waals surface area contributed by atoms with Crippen LogP contribution in [0.3, 0.4) is 0 Å². The lowest BCUT2D eigenvalue weighted by molar-refractivity contribution is -0.147. The molecule has 0 amide bonds. The highest BCUT2D eigenvalue weighted by atomic mass is 19.1. The van der Waals surface area contributed by atoms with Gasteiger partial charge < -0.3 is 9.47 Å². The number of hydrogen-bond acceptors (Lipinski definition) is 5. The van der Waals surface area contributed by atoms with Gasteiger partial charge in [0, 0.05) is 23.5 Å². The number of benzene rings is 2.